The molecule has 2 aromatic carbocycles. The monoisotopic (exact) mass is 404 g/mol. The Bertz CT molecular complexity index is 960. The molecule has 0 aliphatic carbocycles. The van der Waals surface area contributed by atoms with Crippen LogP contribution >= 0.6 is 0 Å². The number of pyridine rings is 1. The minimum Gasteiger partial charge on any atom is -0.508 e. The highest BCUT2D eigenvalue weighted by Crippen LogP contribution is 2.21. The van der Waals surface area contributed by atoms with Crippen LogP contribution in [0.25, 0.3) is 0 Å². The topological polar surface area (TPSA) is 79.7 Å². The molecular weight excluding hydrogens is 380 g/mol. The van der Waals surface area contributed by atoms with E-state index in [2.05, 4.69) is 4.98 Å². The zero-order valence-electron chi connectivity index (χ0n) is 16.8. The molecule has 1 N–H and O–H groups in total. The first-order valence-electron chi connectivity index (χ1n) is 9.77. The number of rotatable bonds is 8. The smallest absolute Gasteiger partial charge is 0.338 e. The third kappa shape index (κ3) is 5.44. The zero-order chi connectivity index (χ0) is 21.3. The number of esters is 1. The highest BCUT2D eigenvalue weighted by molar-refractivity contribution is 5.90. The third-order valence-electron chi connectivity index (χ3n) is 4.80. The quantitative estimate of drug-likeness (QED) is 0.578. The van der Waals surface area contributed by atoms with Crippen molar-refractivity contribution in [1.82, 2.24) is 9.88 Å². The van der Waals surface area contributed by atoms with Crippen LogP contribution in [0.1, 0.15) is 34.3 Å². The summed E-state index contributed by atoms with van der Waals surface area (Å²) in [6.07, 6.45) is 3.39. The van der Waals surface area contributed by atoms with Crippen molar-refractivity contribution in [2.75, 3.05) is 13.2 Å². The van der Waals surface area contributed by atoms with Gasteiger partial charge in [-0.2, -0.15) is 0 Å². The Kier molecular flexibility index (Phi) is 7.16. The second-order valence-electron chi connectivity index (χ2n) is 6.82. The molecule has 6 heteroatoms. The normalized spacial score (nSPS) is 11.5. The van der Waals surface area contributed by atoms with Crippen molar-refractivity contribution in [2.24, 2.45) is 0 Å². The zero-order valence-corrected chi connectivity index (χ0v) is 16.8. The van der Waals surface area contributed by atoms with Crippen LogP contribution in [-0.2, 0) is 16.1 Å². The van der Waals surface area contributed by atoms with E-state index in [-0.39, 0.29) is 18.3 Å². The number of aromatic nitrogens is 1. The van der Waals surface area contributed by atoms with E-state index in [0.717, 1.165) is 11.1 Å². The minimum atomic E-state index is -0.617. The summed E-state index contributed by atoms with van der Waals surface area (Å²) in [5.74, 6) is -1.20. The molecule has 0 fully saturated rings. The number of carbonyl (C=O) groups is 2. The molecule has 0 radical (unpaired) electrons. The largest absolute Gasteiger partial charge is 0.508 e. The van der Waals surface area contributed by atoms with E-state index >= 15 is 0 Å². The van der Waals surface area contributed by atoms with Crippen LogP contribution in [0.4, 0.5) is 0 Å². The number of aromatic hydroxyl groups is 1. The number of carbonyl (C=O) groups excluding carboxylic acids is 2. The first-order chi connectivity index (χ1) is 14.6. The molecule has 6 nitrogen and oxygen atoms in total. The van der Waals surface area contributed by atoms with Crippen LogP contribution in [-0.4, -0.2) is 40.0 Å². The number of hydrogen-bond acceptors (Lipinski definition) is 5. The predicted molar refractivity (Wildman–Crippen MR) is 113 cm³/mol. The molecule has 1 atom stereocenters. The highest BCUT2D eigenvalue weighted by atomic mass is 16.5. The molecule has 1 unspecified atom stereocenters. The SMILES string of the molecule is CCN(Cc1ccncc1)C(=O)C(COC(=O)c1ccc(O)cc1)c1ccccc1. The lowest BCUT2D eigenvalue weighted by atomic mass is 9.98. The van der Waals surface area contributed by atoms with Crippen molar-refractivity contribution in [3.63, 3.8) is 0 Å². The molecule has 1 amide bonds. The van der Waals surface area contributed by atoms with Gasteiger partial charge in [0.15, 0.2) is 0 Å². The van der Waals surface area contributed by atoms with Gasteiger partial charge in [-0.3, -0.25) is 9.78 Å². The van der Waals surface area contributed by atoms with E-state index in [9.17, 15) is 14.7 Å². The van der Waals surface area contributed by atoms with Crippen molar-refractivity contribution in [3.8, 4) is 5.75 Å². The van der Waals surface area contributed by atoms with E-state index in [4.69, 9.17) is 4.74 Å². The van der Waals surface area contributed by atoms with Gasteiger partial charge in [0.25, 0.3) is 0 Å². The molecule has 0 aliphatic rings. The summed E-state index contributed by atoms with van der Waals surface area (Å²) in [4.78, 5) is 31.5. The highest BCUT2D eigenvalue weighted by Gasteiger charge is 2.27. The van der Waals surface area contributed by atoms with Gasteiger partial charge in [-0.1, -0.05) is 30.3 Å². The van der Waals surface area contributed by atoms with Crippen molar-refractivity contribution in [1.29, 1.82) is 0 Å². The van der Waals surface area contributed by atoms with E-state index < -0.39 is 11.9 Å². The molecule has 0 saturated carbocycles. The maximum absolute atomic E-state index is 13.4. The van der Waals surface area contributed by atoms with Gasteiger partial charge in [0.2, 0.25) is 5.91 Å². The molecule has 3 rings (SSSR count). The van der Waals surface area contributed by atoms with Gasteiger partial charge in [-0.25, -0.2) is 4.79 Å². The van der Waals surface area contributed by atoms with Crippen LogP contribution in [0.2, 0.25) is 0 Å². The third-order valence-corrected chi connectivity index (χ3v) is 4.80. The number of phenolic OH excluding ortho intramolecular Hbond substituents is 1. The minimum absolute atomic E-state index is 0.0681. The predicted octanol–water partition coefficient (Wildman–Crippen LogP) is 3.78. The summed E-state index contributed by atoms with van der Waals surface area (Å²) < 4.78 is 5.47. The van der Waals surface area contributed by atoms with Crippen LogP contribution in [0.5, 0.6) is 5.75 Å². The van der Waals surface area contributed by atoms with Crippen LogP contribution < -0.4 is 0 Å². The Morgan fingerprint density at radius 2 is 1.67 bits per heavy atom. The molecule has 1 aromatic heterocycles. The number of ether oxygens (including phenoxy) is 1. The second kappa shape index (κ2) is 10.2. The van der Waals surface area contributed by atoms with Crippen molar-refractivity contribution in [3.05, 3.63) is 95.8 Å². The number of hydrogen-bond donors (Lipinski definition) is 1. The molecule has 0 bridgehead atoms. The Balaban J connectivity index is 1.77. The van der Waals surface area contributed by atoms with Crippen molar-refractivity contribution >= 4 is 11.9 Å². The van der Waals surface area contributed by atoms with E-state index in [1.165, 1.54) is 24.3 Å². The molecular formula is C24H24N2O4. The van der Waals surface area contributed by atoms with Gasteiger partial charge in [-0.15, -0.1) is 0 Å². The fourth-order valence-electron chi connectivity index (χ4n) is 3.11. The first-order valence-corrected chi connectivity index (χ1v) is 9.77. The summed E-state index contributed by atoms with van der Waals surface area (Å²) in [7, 11) is 0. The molecule has 0 spiro atoms. The maximum Gasteiger partial charge on any atom is 0.338 e. The number of likely N-dealkylation sites (N-methyl/N-ethyl adjacent to an activating group) is 1. The molecule has 0 saturated heterocycles. The fraction of sp³-hybridized carbons (Fsp3) is 0.208. The van der Waals surface area contributed by atoms with Gasteiger partial charge in [0.1, 0.15) is 12.4 Å². The number of amides is 1. The Morgan fingerprint density at radius 3 is 2.30 bits per heavy atom. The molecule has 30 heavy (non-hydrogen) atoms. The lowest BCUT2D eigenvalue weighted by Gasteiger charge is -2.26. The summed E-state index contributed by atoms with van der Waals surface area (Å²) in [6.45, 7) is 2.82. The molecule has 1 heterocycles. The molecule has 0 aliphatic heterocycles. The number of benzene rings is 2. The second-order valence-corrected chi connectivity index (χ2v) is 6.82. The van der Waals surface area contributed by atoms with E-state index in [1.54, 1.807) is 17.3 Å². The summed E-state index contributed by atoms with van der Waals surface area (Å²) in [5.41, 5.74) is 2.08. The fourth-order valence-corrected chi connectivity index (χ4v) is 3.11. The lowest BCUT2D eigenvalue weighted by molar-refractivity contribution is -0.134. The first kappa shape index (κ1) is 21.0. The Labute approximate surface area is 175 Å². The number of phenols is 1. The van der Waals surface area contributed by atoms with Gasteiger partial charge in [-0.05, 0) is 54.4 Å². The van der Waals surface area contributed by atoms with Crippen molar-refractivity contribution < 1.29 is 19.4 Å². The average molecular weight is 404 g/mol. The molecule has 3 aromatic rings. The lowest BCUT2D eigenvalue weighted by Crippen LogP contribution is -2.36. The van der Waals surface area contributed by atoms with Crippen molar-refractivity contribution in [2.45, 2.75) is 19.4 Å². The standard InChI is InChI=1S/C24H24N2O4/c1-2-26(16-18-12-14-25-15-13-18)23(28)22(19-6-4-3-5-7-19)17-30-24(29)20-8-10-21(27)11-9-20/h3-15,22,27H,2,16-17H2,1H3. The molecule has 154 valence electrons. The van der Waals surface area contributed by atoms with E-state index in [0.29, 0.717) is 18.7 Å². The van der Waals surface area contributed by atoms with Crippen LogP contribution in [0, 0.1) is 0 Å². The number of nitrogens with zero attached hydrogens (tertiary/aromatic N) is 2. The van der Waals surface area contributed by atoms with Crippen LogP contribution in [0.3, 0.4) is 0 Å². The Morgan fingerprint density at radius 1 is 1.00 bits per heavy atom. The van der Waals surface area contributed by atoms with Crippen LogP contribution in [0.15, 0.2) is 79.1 Å². The van der Waals surface area contributed by atoms with Gasteiger partial charge in [0, 0.05) is 25.5 Å². The summed E-state index contributed by atoms with van der Waals surface area (Å²) in [5, 5.41) is 9.38. The van der Waals surface area contributed by atoms with Gasteiger partial charge < -0.3 is 14.7 Å². The Hall–Kier alpha value is -3.67. The van der Waals surface area contributed by atoms with E-state index in [1.807, 2.05) is 49.4 Å². The average Bonchev–Trinajstić information content (AvgIpc) is 2.79. The maximum atomic E-state index is 13.4. The van der Waals surface area contributed by atoms with Gasteiger partial charge >= 0.3 is 5.97 Å². The summed E-state index contributed by atoms with van der Waals surface area (Å²) >= 11 is 0. The summed E-state index contributed by atoms with van der Waals surface area (Å²) in [6, 6.07) is 18.9. The van der Waals surface area contributed by atoms with Gasteiger partial charge in [0.05, 0.1) is 11.5 Å².